The van der Waals surface area contributed by atoms with Crippen molar-refractivity contribution in [1.82, 2.24) is 5.32 Å². The van der Waals surface area contributed by atoms with Crippen LogP contribution in [0.3, 0.4) is 0 Å². The fraction of sp³-hybridized carbons (Fsp3) is 0.784. The van der Waals surface area contributed by atoms with Crippen molar-refractivity contribution in [3.8, 4) is 0 Å². The van der Waals surface area contributed by atoms with E-state index in [0.717, 1.165) is 44.9 Å². The zero-order valence-electron chi connectivity index (χ0n) is 39.6. The Bertz CT molecular complexity index is 1160. The summed E-state index contributed by atoms with van der Waals surface area (Å²) in [6.45, 7) is 4.47. The molecule has 0 aromatic carbocycles. The van der Waals surface area contributed by atoms with Gasteiger partial charge in [0, 0.05) is 6.42 Å². The first kappa shape index (κ1) is 58.2. The summed E-state index contributed by atoms with van der Waals surface area (Å²) in [5.74, 6) is -0.278. The van der Waals surface area contributed by atoms with Crippen molar-refractivity contribution >= 4 is 13.7 Å². The van der Waals surface area contributed by atoms with Gasteiger partial charge >= 0.3 is 0 Å². The van der Waals surface area contributed by atoms with E-state index < -0.39 is 26.6 Å². The van der Waals surface area contributed by atoms with Crippen LogP contribution in [0.5, 0.6) is 0 Å². The molecular formula is C51H95N2O6P. The molecule has 3 atom stereocenters. The standard InChI is InChI=1S/C51H95N2O6P/c1-6-8-10-12-14-16-18-20-21-22-23-24-25-26-27-28-29-30-31-33-34-36-38-40-42-44-50(54)49(48-59-60(56,57)58-47-46-53(3,4)5)52-51(55)45-43-41-39-37-35-32-19-17-15-13-11-9-7-2/h9,11,15,17,32,35,39,41-42,44,49-50,54H,6-8,10,12-14,16,18-31,33-34,36-38,40,43,45-48H2,1-5H3,(H-,52,55,56,57)/b11-9-,17-15-,35-32-,41-39-,44-42+. The van der Waals surface area contributed by atoms with E-state index in [2.05, 4.69) is 55.6 Å². The topological polar surface area (TPSA) is 108 Å². The first-order valence-corrected chi connectivity index (χ1v) is 26.1. The molecule has 350 valence electrons. The maximum atomic E-state index is 12.8. The predicted octanol–water partition coefficient (Wildman–Crippen LogP) is 13.6. The molecule has 0 aromatic heterocycles. The molecule has 0 saturated heterocycles. The highest BCUT2D eigenvalue weighted by Gasteiger charge is 2.23. The Labute approximate surface area is 371 Å². The SMILES string of the molecule is CC/C=C\C/C=C\C/C=C\C/C=C\CCC(=O)NC(COP(=O)([O-])OCC[N+](C)(C)C)C(O)/C=C/CCCCCCCCCCCCCCCCCCCCCCCCC. The highest BCUT2D eigenvalue weighted by Crippen LogP contribution is 2.38. The van der Waals surface area contributed by atoms with Crippen LogP contribution in [-0.2, 0) is 18.4 Å². The number of nitrogens with zero attached hydrogens (tertiary/aromatic N) is 1. The smallest absolute Gasteiger partial charge is 0.268 e. The van der Waals surface area contributed by atoms with Gasteiger partial charge in [-0.1, -0.05) is 216 Å². The van der Waals surface area contributed by atoms with E-state index in [1.807, 2.05) is 39.4 Å². The number of carbonyl (C=O) groups excluding carboxylic acids is 1. The van der Waals surface area contributed by atoms with Crippen LogP contribution in [0.4, 0.5) is 0 Å². The van der Waals surface area contributed by atoms with E-state index in [-0.39, 0.29) is 18.9 Å². The van der Waals surface area contributed by atoms with Crippen LogP contribution in [-0.4, -0.2) is 68.5 Å². The molecule has 0 rings (SSSR count). The minimum absolute atomic E-state index is 0.0157. The molecule has 1 amide bonds. The summed E-state index contributed by atoms with van der Waals surface area (Å²) in [5, 5.41) is 13.7. The minimum atomic E-state index is -4.61. The Balaban J connectivity index is 4.31. The summed E-state index contributed by atoms with van der Waals surface area (Å²) in [6, 6.07) is -0.926. The summed E-state index contributed by atoms with van der Waals surface area (Å²) in [5.41, 5.74) is 0. The summed E-state index contributed by atoms with van der Waals surface area (Å²) in [4.78, 5) is 25.3. The summed E-state index contributed by atoms with van der Waals surface area (Å²) in [7, 11) is 1.21. The molecule has 0 saturated carbocycles. The minimum Gasteiger partial charge on any atom is -0.756 e. The Hall–Kier alpha value is -1.80. The van der Waals surface area contributed by atoms with E-state index in [1.54, 1.807) is 6.08 Å². The van der Waals surface area contributed by atoms with E-state index in [4.69, 9.17) is 9.05 Å². The maximum Gasteiger partial charge on any atom is 0.268 e. The highest BCUT2D eigenvalue weighted by atomic mass is 31.2. The average Bonchev–Trinajstić information content (AvgIpc) is 3.20. The summed E-state index contributed by atoms with van der Waals surface area (Å²) >= 11 is 0. The molecule has 0 spiro atoms. The molecule has 0 radical (unpaired) electrons. The number of aliphatic hydroxyl groups excluding tert-OH is 1. The van der Waals surface area contributed by atoms with Gasteiger partial charge in [0.05, 0.1) is 39.9 Å². The Morgan fingerprint density at radius 1 is 0.600 bits per heavy atom. The number of hydrogen-bond donors (Lipinski definition) is 2. The number of nitrogens with one attached hydrogen (secondary N) is 1. The van der Waals surface area contributed by atoms with Crippen LogP contribution in [0.2, 0.25) is 0 Å². The van der Waals surface area contributed by atoms with Crippen LogP contribution >= 0.6 is 7.82 Å². The third-order valence-electron chi connectivity index (χ3n) is 10.7. The predicted molar refractivity (Wildman–Crippen MR) is 256 cm³/mol. The van der Waals surface area contributed by atoms with Crippen molar-refractivity contribution in [3.63, 3.8) is 0 Å². The fourth-order valence-corrected chi connectivity index (χ4v) is 7.59. The second kappa shape index (κ2) is 42.5. The van der Waals surface area contributed by atoms with Gasteiger partial charge in [-0.05, 0) is 44.9 Å². The molecule has 60 heavy (non-hydrogen) atoms. The van der Waals surface area contributed by atoms with E-state index in [1.165, 1.54) is 135 Å². The van der Waals surface area contributed by atoms with Crippen LogP contribution in [0, 0.1) is 0 Å². The number of rotatable bonds is 44. The third-order valence-corrected chi connectivity index (χ3v) is 11.7. The zero-order valence-corrected chi connectivity index (χ0v) is 40.5. The van der Waals surface area contributed by atoms with Crippen LogP contribution in [0.15, 0.2) is 60.8 Å². The van der Waals surface area contributed by atoms with Crippen molar-refractivity contribution in [1.29, 1.82) is 0 Å². The number of aliphatic hydroxyl groups is 1. The van der Waals surface area contributed by atoms with Gasteiger partial charge in [0.15, 0.2) is 0 Å². The molecule has 3 unspecified atom stereocenters. The average molecular weight is 863 g/mol. The number of quaternary nitrogens is 1. The Morgan fingerprint density at radius 3 is 1.45 bits per heavy atom. The number of hydrogen-bond acceptors (Lipinski definition) is 6. The number of likely N-dealkylation sites (N-methyl/N-ethyl adjacent to an activating group) is 1. The molecule has 0 heterocycles. The van der Waals surface area contributed by atoms with Gasteiger partial charge < -0.3 is 28.8 Å². The van der Waals surface area contributed by atoms with Gasteiger partial charge in [0.1, 0.15) is 13.2 Å². The van der Waals surface area contributed by atoms with Crippen molar-refractivity contribution in [2.45, 2.75) is 219 Å². The van der Waals surface area contributed by atoms with Crippen LogP contribution < -0.4 is 10.2 Å². The van der Waals surface area contributed by atoms with Gasteiger partial charge in [0.25, 0.3) is 7.82 Å². The highest BCUT2D eigenvalue weighted by molar-refractivity contribution is 7.45. The lowest BCUT2D eigenvalue weighted by molar-refractivity contribution is -0.870. The lowest BCUT2D eigenvalue weighted by Gasteiger charge is -2.29. The molecule has 0 aliphatic heterocycles. The number of phosphoric ester groups is 1. The number of amides is 1. The van der Waals surface area contributed by atoms with E-state index in [0.29, 0.717) is 17.4 Å². The third kappa shape index (κ3) is 44.3. The van der Waals surface area contributed by atoms with Gasteiger partial charge in [-0.15, -0.1) is 0 Å². The quantitative estimate of drug-likeness (QED) is 0.0273. The second-order valence-electron chi connectivity index (χ2n) is 17.8. The lowest BCUT2D eigenvalue weighted by atomic mass is 10.0. The number of carbonyl (C=O) groups is 1. The first-order valence-electron chi connectivity index (χ1n) is 24.7. The number of unbranched alkanes of at least 4 members (excludes halogenated alkanes) is 23. The number of phosphoric acid groups is 1. The van der Waals surface area contributed by atoms with Gasteiger partial charge in [-0.3, -0.25) is 9.36 Å². The molecule has 0 aromatic rings. The largest absolute Gasteiger partial charge is 0.756 e. The van der Waals surface area contributed by atoms with Crippen LogP contribution in [0.1, 0.15) is 206 Å². The molecule has 9 heteroatoms. The van der Waals surface area contributed by atoms with Crippen molar-refractivity contribution in [2.75, 3.05) is 40.9 Å². The number of allylic oxidation sites excluding steroid dienone is 9. The maximum absolute atomic E-state index is 12.8. The van der Waals surface area contributed by atoms with E-state index in [9.17, 15) is 19.4 Å². The second-order valence-corrected chi connectivity index (χ2v) is 19.2. The molecule has 0 fully saturated rings. The molecule has 0 bridgehead atoms. The summed E-state index contributed by atoms with van der Waals surface area (Å²) in [6.07, 6.45) is 56.0. The van der Waals surface area contributed by atoms with E-state index >= 15 is 0 Å². The summed E-state index contributed by atoms with van der Waals surface area (Å²) < 4.78 is 23.2. The van der Waals surface area contributed by atoms with Gasteiger partial charge in [-0.25, -0.2) is 0 Å². The first-order chi connectivity index (χ1) is 29.0. The molecule has 0 aliphatic carbocycles. The van der Waals surface area contributed by atoms with Crippen molar-refractivity contribution in [3.05, 3.63) is 60.8 Å². The molecule has 2 N–H and O–H groups in total. The van der Waals surface area contributed by atoms with Gasteiger partial charge in [-0.2, -0.15) is 0 Å². The molecular weight excluding hydrogens is 768 g/mol. The molecule has 0 aliphatic rings. The fourth-order valence-electron chi connectivity index (χ4n) is 6.87. The molecule has 8 nitrogen and oxygen atoms in total. The lowest BCUT2D eigenvalue weighted by Crippen LogP contribution is -2.45. The van der Waals surface area contributed by atoms with Gasteiger partial charge in [0.2, 0.25) is 5.91 Å². The van der Waals surface area contributed by atoms with Crippen molar-refractivity contribution in [2.24, 2.45) is 0 Å². The van der Waals surface area contributed by atoms with Crippen LogP contribution in [0.25, 0.3) is 0 Å². The monoisotopic (exact) mass is 863 g/mol. The Kier molecular flexibility index (Phi) is 41.2. The Morgan fingerprint density at radius 2 is 1.02 bits per heavy atom. The zero-order chi connectivity index (χ0) is 44.3. The van der Waals surface area contributed by atoms with Crippen molar-refractivity contribution < 1.29 is 32.9 Å². The normalized spacial score (nSPS) is 14.7.